The van der Waals surface area contributed by atoms with Crippen molar-refractivity contribution < 1.29 is 33.4 Å². The first-order valence-corrected chi connectivity index (χ1v) is 14.1. The van der Waals surface area contributed by atoms with Crippen molar-refractivity contribution in [2.75, 3.05) is 0 Å². The van der Waals surface area contributed by atoms with Gasteiger partial charge < -0.3 is 9.47 Å². The van der Waals surface area contributed by atoms with Crippen LogP contribution in [0.3, 0.4) is 0 Å². The van der Waals surface area contributed by atoms with Crippen molar-refractivity contribution >= 4 is 42.1 Å². The standard InChI is InChI=1S/C18H18N4O4.C16H14N2O3/c19-21-16(23)10-11-17(24)22-20-12-13-6-8-15(9-7-13)26-18(25)14-4-2-1-3-5-14;1-12(19)18-17-11-13-7-9-15(10-8-13)21-16(20)14-5-3-2-4-6-14/h1-9,12H,10-11,19H2,(H,21,23)(H,22,24);2-11H,1H3,(H,18,19)/b20-12+;17-11+. The van der Waals surface area contributed by atoms with Crippen LogP contribution in [-0.2, 0) is 14.4 Å². The minimum atomic E-state index is -0.444. The van der Waals surface area contributed by atoms with Crippen LogP contribution in [-0.4, -0.2) is 42.1 Å². The molecule has 0 aliphatic carbocycles. The summed E-state index contributed by atoms with van der Waals surface area (Å²) in [5.41, 5.74) is 8.98. The van der Waals surface area contributed by atoms with Crippen molar-refractivity contribution in [2.24, 2.45) is 16.0 Å². The Balaban J connectivity index is 0.000000261. The predicted octanol–water partition coefficient (Wildman–Crippen LogP) is 3.50. The zero-order valence-corrected chi connectivity index (χ0v) is 25.3. The van der Waals surface area contributed by atoms with Gasteiger partial charge in [-0.05, 0) is 83.9 Å². The molecule has 4 aromatic carbocycles. The zero-order valence-electron chi connectivity index (χ0n) is 25.3. The Hall–Kier alpha value is -6.47. The molecule has 0 aromatic heterocycles. The maximum atomic E-state index is 11.9. The Morgan fingerprint density at radius 1 is 0.596 bits per heavy atom. The molecular weight excluding hydrogens is 604 g/mol. The van der Waals surface area contributed by atoms with E-state index >= 15 is 0 Å². The smallest absolute Gasteiger partial charge is 0.343 e. The predicted molar refractivity (Wildman–Crippen MR) is 174 cm³/mol. The lowest BCUT2D eigenvalue weighted by atomic mass is 10.2. The summed E-state index contributed by atoms with van der Waals surface area (Å²) < 4.78 is 10.5. The molecule has 0 aliphatic rings. The van der Waals surface area contributed by atoms with Crippen LogP contribution in [0.25, 0.3) is 0 Å². The molecule has 0 bridgehead atoms. The quantitative estimate of drug-likeness (QED) is 0.0480. The molecule has 0 fully saturated rings. The average molecular weight is 637 g/mol. The first-order chi connectivity index (χ1) is 22.7. The number of nitrogens with zero attached hydrogens (tertiary/aromatic N) is 2. The highest BCUT2D eigenvalue weighted by Gasteiger charge is 2.08. The number of nitrogens with two attached hydrogens (primary N) is 1. The number of carbonyl (C=O) groups excluding carboxylic acids is 5. The van der Waals surface area contributed by atoms with E-state index in [0.717, 1.165) is 5.56 Å². The van der Waals surface area contributed by atoms with Crippen molar-refractivity contribution in [3.05, 3.63) is 131 Å². The Kier molecular flexibility index (Phi) is 14.2. The molecule has 0 saturated heterocycles. The average Bonchev–Trinajstić information content (AvgIpc) is 3.09. The summed E-state index contributed by atoms with van der Waals surface area (Å²) in [7, 11) is 0. The highest BCUT2D eigenvalue weighted by molar-refractivity contribution is 5.92. The first-order valence-electron chi connectivity index (χ1n) is 14.1. The van der Waals surface area contributed by atoms with Gasteiger partial charge in [-0.1, -0.05) is 36.4 Å². The Bertz CT molecular complexity index is 1690. The third-order valence-corrected chi connectivity index (χ3v) is 5.78. The third kappa shape index (κ3) is 13.4. The zero-order chi connectivity index (χ0) is 33.9. The van der Waals surface area contributed by atoms with E-state index in [-0.39, 0.29) is 18.7 Å². The van der Waals surface area contributed by atoms with E-state index in [0.29, 0.717) is 28.2 Å². The number of amides is 3. The number of ether oxygens (including phenoxy) is 2. The number of esters is 2. The summed E-state index contributed by atoms with van der Waals surface area (Å²) in [5, 5.41) is 7.54. The van der Waals surface area contributed by atoms with Crippen molar-refractivity contribution in [3.8, 4) is 11.5 Å². The summed E-state index contributed by atoms with van der Waals surface area (Å²) in [6.45, 7) is 1.38. The fourth-order valence-corrected chi connectivity index (χ4v) is 3.46. The molecule has 0 spiro atoms. The maximum absolute atomic E-state index is 11.9. The topological polar surface area (TPSA) is 191 Å². The normalized spacial score (nSPS) is 10.3. The van der Waals surface area contributed by atoms with Gasteiger partial charge in [0.1, 0.15) is 11.5 Å². The fraction of sp³-hybridized carbons (Fsp3) is 0.0882. The van der Waals surface area contributed by atoms with Crippen LogP contribution in [0, 0.1) is 0 Å². The summed E-state index contributed by atoms with van der Waals surface area (Å²) in [6.07, 6.45) is 2.90. The number of benzene rings is 4. The Morgan fingerprint density at radius 2 is 1.00 bits per heavy atom. The van der Waals surface area contributed by atoms with E-state index in [1.54, 1.807) is 97.1 Å². The fourth-order valence-electron chi connectivity index (χ4n) is 3.46. The monoisotopic (exact) mass is 636 g/mol. The van der Waals surface area contributed by atoms with Crippen molar-refractivity contribution in [1.82, 2.24) is 16.3 Å². The van der Waals surface area contributed by atoms with E-state index in [4.69, 9.17) is 15.3 Å². The number of hydrogen-bond donors (Lipinski definition) is 4. The van der Waals surface area contributed by atoms with E-state index in [2.05, 4.69) is 21.1 Å². The molecule has 4 aromatic rings. The lowest BCUT2D eigenvalue weighted by Crippen LogP contribution is -2.31. The molecule has 4 rings (SSSR count). The van der Waals surface area contributed by atoms with Gasteiger partial charge in [-0.2, -0.15) is 10.2 Å². The van der Waals surface area contributed by atoms with E-state index in [1.807, 2.05) is 17.6 Å². The molecule has 0 aliphatic heterocycles. The van der Waals surface area contributed by atoms with Gasteiger partial charge in [0.2, 0.25) is 17.7 Å². The largest absolute Gasteiger partial charge is 0.423 e. The summed E-state index contributed by atoms with van der Waals surface area (Å²) in [6, 6.07) is 30.8. The Labute approximate surface area is 270 Å². The number of nitrogens with one attached hydrogen (secondary N) is 3. The van der Waals surface area contributed by atoms with Gasteiger partial charge in [-0.25, -0.2) is 26.3 Å². The number of rotatable bonds is 11. The molecule has 0 saturated carbocycles. The van der Waals surface area contributed by atoms with Crippen LogP contribution in [0.1, 0.15) is 51.6 Å². The van der Waals surface area contributed by atoms with Gasteiger partial charge in [0.05, 0.1) is 23.6 Å². The minimum Gasteiger partial charge on any atom is -0.423 e. The molecule has 0 heterocycles. The number of hydrazone groups is 2. The van der Waals surface area contributed by atoms with E-state index in [9.17, 15) is 24.0 Å². The number of carbonyl (C=O) groups is 5. The molecule has 0 unspecified atom stereocenters. The van der Waals surface area contributed by atoms with Gasteiger partial charge in [-0.3, -0.25) is 19.8 Å². The highest BCUT2D eigenvalue weighted by atomic mass is 16.5. The molecule has 3 amide bonds. The van der Waals surface area contributed by atoms with Crippen LogP contribution in [0.5, 0.6) is 11.5 Å². The van der Waals surface area contributed by atoms with Crippen LogP contribution >= 0.6 is 0 Å². The van der Waals surface area contributed by atoms with Gasteiger partial charge in [-0.15, -0.1) is 0 Å². The van der Waals surface area contributed by atoms with Crippen molar-refractivity contribution in [3.63, 3.8) is 0 Å². The van der Waals surface area contributed by atoms with Crippen molar-refractivity contribution in [1.29, 1.82) is 0 Å². The SMILES string of the molecule is CC(=O)N/N=C/c1ccc(OC(=O)c2ccccc2)cc1.NNC(=O)CCC(=O)N/N=C/c1ccc(OC(=O)c2ccccc2)cc1. The van der Waals surface area contributed by atoms with E-state index < -0.39 is 23.8 Å². The van der Waals surface area contributed by atoms with Gasteiger partial charge >= 0.3 is 11.9 Å². The number of hydrazine groups is 1. The second-order valence-corrected chi connectivity index (χ2v) is 9.44. The third-order valence-electron chi connectivity index (χ3n) is 5.78. The minimum absolute atomic E-state index is 0.0146. The molecule has 13 heteroatoms. The van der Waals surface area contributed by atoms with Crippen LogP contribution in [0.2, 0.25) is 0 Å². The second kappa shape index (κ2) is 19.0. The molecule has 13 nitrogen and oxygen atoms in total. The van der Waals surface area contributed by atoms with Gasteiger partial charge in [0.25, 0.3) is 0 Å². The van der Waals surface area contributed by atoms with Crippen LogP contribution < -0.4 is 31.6 Å². The van der Waals surface area contributed by atoms with Crippen molar-refractivity contribution in [2.45, 2.75) is 19.8 Å². The molecule has 0 radical (unpaired) electrons. The van der Waals surface area contributed by atoms with Gasteiger partial charge in [0, 0.05) is 19.8 Å². The molecule has 5 N–H and O–H groups in total. The number of hydrogen-bond acceptors (Lipinski definition) is 10. The lowest BCUT2D eigenvalue weighted by molar-refractivity contribution is -0.126. The van der Waals surface area contributed by atoms with Crippen LogP contribution in [0.4, 0.5) is 0 Å². The highest BCUT2D eigenvalue weighted by Crippen LogP contribution is 2.15. The first kappa shape index (κ1) is 35.0. The maximum Gasteiger partial charge on any atom is 0.343 e. The summed E-state index contributed by atoms with van der Waals surface area (Å²) in [4.78, 5) is 56.8. The van der Waals surface area contributed by atoms with Gasteiger partial charge in [0.15, 0.2) is 0 Å². The van der Waals surface area contributed by atoms with Crippen LogP contribution in [0.15, 0.2) is 119 Å². The lowest BCUT2D eigenvalue weighted by Gasteiger charge is -2.04. The van der Waals surface area contributed by atoms with E-state index in [1.165, 1.54) is 19.4 Å². The molecule has 240 valence electrons. The molecule has 47 heavy (non-hydrogen) atoms. The summed E-state index contributed by atoms with van der Waals surface area (Å²) >= 11 is 0. The molecular formula is C34H32N6O7. The summed E-state index contributed by atoms with van der Waals surface area (Å²) in [5.74, 6) is 3.84. The second-order valence-electron chi connectivity index (χ2n) is 9.44. The molecule has 0 atom stereocenters. The Morgan fingerprint density at radius 3 is 1.40 bits per heavy atom.